The summed E-state index contributed by atoms with van der Waals surface area (Å²) in [5.41, 5.74) is -1.43. The number of ether oxygens (including phenoxy) is 2. The van der Waals surface area contributed by atoms with E-state index in [-0.39, 0.29) is 24.0 Å². The van der Waals surface area contributed by atoms with Crippen molar-refractivity contribution >= 4 is 23.2 Å². The number of hydrogen-bond acceptors (Lipinski definition) is 9. The van der Waals surface area contributed by atoms with Crippen molar-refractivity contribution in [2.45, 2.75) is 57.0 Å². The maximum absolute atomic E-state index is 12.1. The van der Waals surface area contributed by atoms with Crippen LogP contribution in [-0.4, -0.2) is 61.6 Å². The number of unbranched alkanes of at least 4 members (excludes halogenated alkanes) is 1. The maximum Gasteiger partial charge on any atom is 0.302 e. The van der Waals surface area contributed by atoms with Gasteiger partial charge in [-0.25, -0.2) is 9.50 Å². The molecular weight excluding hydrogens is 394 g/mol. The summed E-state index contributed by atoms with van der Waals surface area (Å²) in [4.78, 5) is 27.2. The molecule has 0 unspecified atom stereocenters. The zero-order chi connectivity index (χ0) is 21.9. The Bertz CT molecular complexity index is 985. The molecule has 1 fully saturated rings. The molecule has 4 atom stereocenters. The zero-order valence-corrected chi connectivity index (χ0v) is 16.6. The van der Waals surface area contributed by atoms with Crippen LogP contribution in [0, 0.1) is 11.3 Å². The van der Waals surface area contributed by atoms with Gasteiger partial charge in [0.15, 0.2) is 5.82 Å². The maximum atomic E-state index is 12.1. The van der Waals surface area contributed by atoms with Crippen LogP contribution in [0.25, 0.3) is 5.52 Å². The number of carbonyl (C=O) groups excluding carboxylic acids is 2. The first-order valence-corrected chi connectivity index (χ1v) is 9.55. The molecule has 1 aliphatic rings. The molecule has 2 aromatic heterocycles. The lowest BCUT2D eigenvalue weighted by Crippen LogP contribution is -2.41. The Morgan fingerprint density at radius 3 is 2.87 bits per heavy atom. The van der Waals surface area contributed by atoms with Crippen molar-refractivity contribution in [3.8, 4) is 6.07 Å². The number of anilines is 1. The van der Waals surface area contributed by atoms with E-state index in [1.165, 1.54) is 23.8 Å². The monoisotopic (exact) mass is 417 g/mol. The van der Waals surface area contributed by atoms with Gasteiger partial charge in [-0.3, -0.25) is 9.59 Å². The highest BCUT2D eigenvalue weighted by atomic mass is 16.6. The topological polar surface area (TPSA) is 159 Å². The van der Waals surface area contributed by atoms with E-state index in [2.05, 4.69) is 15.4 Å². The van der Waals surface area contributed by atoms with Gasteiger partial charge in [0.05, 0.1) is 5.69 Å². The molecule has 0 saturated carbocycles. The number of fused-ring (bicyclic) bond motifs is 1. The average Bonchev–Trinajstić information content (AvgIpc) is 3.26. The van der Waals surface area contributed by atoms with Crippen molar-refractivity contribution in [1.82, 2.24) is 14.6 Å². The normalized spacial score (nSPS) is 25.8. The summed E-state index contributed by atoms with van der Waals surface area (Å²) in [7, 11) is 0. The Morgan fingerprint density at radius 2 is 2.20 bits per heavy atom. The Morgan fingerprint density at radius 1 is 1.43 bits per heavy atom. The van der Waals surface area contributed by atoms with Crippen LogP contribution >= 0.6 is 0 Å². The van der Waals surface area contributed by atoms with E-state index in [1.807, 2.05) is 13.0 Å². The first-order valence-electron chi connectivity index (χ1n) is 9.55. The molecule has 11 heteroatoms. The van der Waals surface area contributed by atoms with Gasteiger partial charge in [0.1, 0.15) is 42.8 Å². The molecule has 3 rings (SSSR count). The van der Waals surface area contributed by atoms with Crippen LogP contribution < -0.4 is 5.32 Å². The fraction of sp³-hybridized carbons (Fsp3) is 0.526. The van der Waals surface area contributed by atoms with Gasteiger partial charge in [-0.15, -0.1) is 0 Å². The van der Waals surface area contributed by atoms with Gasteiger partial charge >= 0.3 is 5.97 Å². The van der Waals surface area contributed by atoms with Gasteiger partial charge in [0.2, 0.25) is 11.5 Å². The standard InChI is InChI=1S/C19H23N5O6/c1-3-4-5-15(26)23-18-12-6-7-14(24(12)22-10-21-18)19(9-20)17(28)16(27)13(30-19)8-29-11(2)25/h6-7,10,13,16-17,27-28H,3-5,8H2,1-2H3,(H,21,22,23,26)/t13-,16-,17-,19+/m1/s1. The SMILES string of the molecule is CCCCC(=O)Nc1ncnn2c([C@]3(C#N)O[C@H](COC(C)=O)[C@@H](O)[C@H]3O)ccc12. The number of carbonyl (C=O) groups is 2. The van der Waals surface area contributed by atoms with E-state index in [1.54, 1.807) is 6.07 Å². The highest BCUT2D eigenvalue weighted by Crippen LogP contribution is 2.40. The van der Waals surface area contributed by atoms with Gasteiger partial charge < -0.3 is 25.0 Å². The number of nitrogens with zero attached hydrogens (tertiary/aromatic N) is 4. The number of aliphatic hydroxyl groups is 2. The lowest BCUT2D eigenvalue weighted by atomic mass is 9.92. The predicted octanol–water partition coefficient (Wildman–Crippen LogP) is 0.261. The lowest BCUT2D eigenvalue weighted by Gasteiger charge is -2.24. The molecule has 0 aliphatic carbocycles. The Hall–Kier alpha value is -3.07. The molecule has 3 N–H and O–H groups in total. The fourth-order valence-corrected chi connectivity index (χ4v) is 3.36. The molecule has 3 heterocycles. The Balaban J connectivity index is 1.95. The summed E-state index contributed by atoms with van der Waals surface area (Å²) in [5, 5.41) is 37.7. The summed E-state index contributed by atoms with van der Waals surface area (Å²) < 4.78 is 11.9. The number of aromatic nitrogens is 3. The smallest absolute Gasteiger partial charge is 0.302 e. The molecule has 30 heavy (non-hydrogen) atoms. The highest BCUT2D eigenvalue weighted by Gasteiger charge is 2.57. The van der Waals surface area contributed by atoms with Crippen molar-refractivity contribution < 1.29 is 29.3 Å². The molecule has 1 amide bonds. The molecule has 11 nitrogen and oxygen atoms in total. The van der Waals surface area contributed by atoms with E-state index in [0.717, 1.165) is 12.8 Å². The van der Waals surface area contributed by atoms with Crippen molar-refractivity contribution in [2.75, 3.05) is 11.9 Å². The van der Waals surface area contributed by atoms with Crippen LogP contribution in [0.15, 0.2) is 18.5 Å². The third-order valence-electron chi connectivity index (χ3n) is 4.92. The van der Waals surface area contributed by atoms with Crippen LogP contribution in [0.2, 0.25) is 0 Å². The Labute approximate surface area is 172 Å². The Kier molecular flexibility index (Phi) is 6.31. The largest absolute Gasteiger partial charge is 0.463 e. The van der Waals surface area contributed by atoms with Gasteiger partial charge in [0.25, 0.3) is 0 Å². The molecule has 1 aliphatic heterocycles. The van der Waals surface area contributed by atoms with Gasteiger partial charge in [-0.05, 0) is 18.6 Å². The first kappa shape index (κ1) is 21.6. The van der Waals surface area contributed by atoms with E-state index >= 15 is 0 Å². The van der Waals surface area contributed by atoms with Crippen molar-refractivity contribution in [3.63, 3.8) is 0 Å². The lowest BCUT2D eigenvalue weighted by molar-refractivity contribution is -0.148. The second-order valence-corrected chi connectivity index (χ2v) is 7.02. The van der Waals surface area contributed by atoms with Crippen molar-refractivity contribution in [3.05, 3.63) is 24.2 Å². The minimum atomic E-state index is -1.96. The van der Waals surface area contributed by atoms with Crippen LogP contribution in [-0.2, 0) is 24.7 Å². The molecule has 0 radical (unpaired) electrons. The first-order chi connectivity index (χ1) is 14.3. The van der Waals surface area contributed by atoms with Gasteiger partial charge in [0, 0.05) is 13.3 Å². The second kappa shape index (κ2) is 8.74. The van der Waals surface area contributed by atoms with Crippen molar-refractivity contribution in [2.24, 2.45) is 0 Å². The number of nitrogens with one attached hydrogen (secondary N) is 1. The number of esters is 1. The molecule has 160 valence electrons. The van der Waals surface area contributed by atoms with Crippen LogP contribution in [0.3, 0.4) is 0 Å². The summed E-state index contributed by atoms with van der Waals surface area (Å²) in [6, 6.07) is 4.99. The quantitative estimate of drug-likeness (QED) is 0.537. The fourth-order valence-electron chi connectivity index (χ4n) is 3.36. The molecule has 0 bridgehead atoms. The number of aliphatic hydroxyl groups excluding tert-OH is 2. The second-order valence-electron chi connectivity index (χ2n) is 7.02. The summed E-state index contributed by atoms with van der Waals surface area (Å²) >= 11 is 0. The third-order valence-corrected chi connectivity index (χ3v) is 4.92. The number of nitriles is 1. The number of rotatable bonds is 7. The van der Waals surface area contributed by atoms with E-state index in [0.29, 0.717) is 11.9 Å². The summed E-state index contributed by atoms with van der Waals surface area (Å²) in [5.74, 6) is -0.543. The number of hydrogen-bond donors (Lipinski definition) is 3. The molecule has 1 saturated heterocycles. The summed E-state index contributed by atoms with van der Waals surface area (Å²) in [6.45, 7) is 2.85. The summed E-state index contributed by atoms with van der Waals surface area (Å²) in [6.07, 6.45) is -1.05. The molecule has 2 aromatic rings. The highest BCUT2D eigenvalue weighted by molar-refractivity contribution is 5.93. The van der Waals surface area contributed by atoms with Gasteiger partial charge in [-0.1, -0.05) is 13.3 Å². The average molecular weight is 417 g/mol. The van der Waals surface area contributed by atoms with E-state index < -0.39 is 29.9 Å². The van der Waals surface area contributed by atoms with E-state index in [4.69, 9.17) is 9.47 Å². The predicted molar refractivity (Wildman–Crippen MR) is 102 cm³/mol. The minimum Gasteiger partial charge on any atom is -0.463 e. The number of amides is 1. The molecule has 0 spiro atoms. The van der Waals surface area contributed by atoms with Crippen LogP contribution in [0.1, 0.15) is 38.8 Å². The van der Waals surface area contributed by atoms with Crippen LogP contribution in [0.5, 0.6) is 0 Å². The minimum absolute atomic E-state index is 0.142. The third kappa shape index (κ3) is 3.85. The van der Waals surface area contributed by atoms with E-state index in [9.17, 15) is 25.1 Å². The van der Waals surface area contributed by atoms with Crippen molar-refractivity contribution in [1.29, 1.82) is 5.26 Å². The van der Waals surface area contributed by atoms with Crippen LogP contribution in [0.4, 0.5) is 5.82 Å². The van der Waals surface area contributed by atoms with Gasteiger partial charge in [-0.2, -0.15) is 10.4 Å². The molecule has 0 aromatic carbocycles. The zero-order valence-electron chi connectivity index (χ0n) is 16.6. The molecular formula is C19H23N5O6.